The minimum atomic E-state index is 0.636. The van der Waals surface area contributed by atoms with Crippen molar-refractivity contribution in [2.45, 2.75) is 27.2 Å². The largest absolute Gasteiger partial charge is 0.380 e. The molecule has 0 saturated carbocycles. The van der Waals surface area contributed by atoms with E-state index in [9.17, 15) is 0 Å². The monoisotopic (exact) mass is 202 g/mol. The Kier molecular flexibility index (Phi) is 9.35. The zero-order chi connectivity index (χ0) is 10.8. The van der Waals surface area contributed by atoms with E-state index < -0.39 is 0 Å². The third-order valence-corrected chi connectivity index (χ3v) is 2.63. The molecule has 0 heterocycles. The van der Waals surface area contributed by atoms with E-state index in [4.69, 9.17) is 10.5 Å². The van der Waals surface area contributed by atoms with Crippen LogP contribution in [0, 0.1) is 5.92 Å². The van der Waals surface area contributed by atoms with Gasteiger partial charge in [0, 0.05) is 19.7 Å². The number of rotatable bonds is 9. The Morgan fingerprint density at radius 1 is 1.29 bits per heavy atom. The van der Waals surface area contributed by atoms with Crippen LogP contribution in [0.15, 0.2) is 0 Å². The van der Waals surface area contributed by atoms with E-state index in [1.54, 1.807) is 0 Å². The quantitative estimate of drug-likeness (QED) is 0.573. The van der Waals surface area contributed by atoms with Crippen molar-refractivity contribution in [3.63, 3.8) is 0 Å². The zero-order valence-corrected chi connectivity index (χ0v) is 9.96. The van der Waals surface area contributed by atoms with Crippen molar-refractivity contribution in [3.8, 4) is 0 Å². The van der Waals surface area contributed by atoms with Gasteiger partial charge >= 0.3 is 0 Å². The van der Waals surface area contributed by atoms with Crippen molar-refractivity contribution in [1.82, 2.24) is 4.90 Å². The van der Waals surface area contributed by atoms with Gasteiger partial charge in [0.1, 0.15) is 0 Å². The molecular formula is C11H26N2O. The van der Waals surface area contributed by atoms with E-state index >= 15 is 0 Å². The van der Waals surface area contributed by atoms with Gasteiger partial charge in [-0.3, -0.25) is 0 Å². The summed E-state index contributed by atoms with van der Waals surface area (Å²) in [6.07, 6.45) is 1.17. The fourth-order valence-corrected chi connectivity index (χ4v) is 1.45. The topological polar surface area (TPSA) is 38.5 Å². The lowest BCUT2D eigenvalue weighted by atomic mass is 10.1. The molecule has 0 aromatic carbocycles. The highest BCUT2D eigenvalue weighted by Gasteiger charge is 2.09. The van der Waals surface area contributed by atoms with E-state index in [1.807, 2.05) is 6.92 Å². The van der Waals surface area contributed by atoms with E-state index in [0.717, 1.165) is 39.4 Å². The maximum Gasteiger partial charge on any atom is 0.0593 e. The maximum atomic E-state index is 5.68. The summed E-state index contributed by atoms with van der Waals surface area (Å²) in [6.45, 7) is 12.1. The average Bonchev–Trinajstić information content (AvgIpc) is 2.23. The third-order valence-electron chi connectivity index (χ3n) is 2.63. The normalized spacial score (nSPS) is 13.5. The molecule has 0 spiro atoms. The maximum absolute atomic E-state index is 5.68. The highest BCUT2D eigenvalue weighted by Crippen LogP contribution is 2.03. The van der Waals surface area contributed by atoms with Gasteiger partial charge in [-0.1, -0.05) is 20.3 Å². The molecular weight excluding hydrogens is 176 g/mol. The molecule has 0 amide bonds. The molecule has 0 saturated heterocycles. The second kappa shape index (κ2) is 9.44. The second-order valence-corrected chi connectivity index (χ2v) is 3.60. The van der Waals surface area contributed by atoms with Gasteiger partial charge in [0.05, 0.1) is 6.61 Å². The van der Waals surface area contributed by atoms with Crippen LogP contribution in [0.4, 0.5) is 0 Å². The van der Waals surface area contributed by atoms with E-state index in [2.05, 4.69) is 18.7 Å². The first-order chi connectivity index (χ1) is 6.78. The summed E-state index contributed by atoms with van der Waals surface area (Å²) in [6, 6.07) is 0. The van der Waals surface area contributed by atoms with Gasteiger partial charge in [0.2, 0.25) is 0 Å². The molecule has 1 atom stereocenters. The van der Waals surface area contributed by atoms with Crippen LogP contribution >= 0.6 is 0 Å². The standard InChI is InChI=1S/C11H26N2O/c1-4-11(9-12)10-13(5-2)7-8-14-6-3/h11H,4-10,12H2,1-3H3. The summed E-state index contributed by atoms with van der Waals surface area (Å²) in [5.74, 6) is 0.636. The van der Waals surface area contributed by atoms with Crippen LogP contribution < -0.4 is 5.73 Å². The Labute approximate surface area is 88.6 Å². The summed E-state index contributed by atoms with van der Waals surface area (Å²) in [4.78, 5) is 2.41. The summed E-state index contributed by atoms with van der Waals surface area (Å²) >= 11 is 0. The van der Waals surface area contributed by atoms with Gasteiger partial charge in [-0.15, -0.1) is 0 Å². The second-order valence-electron chi connectivity index (χ2n) is 3.60. The van der Waals surface area contributed by atoms with E-state index in [-0.39, 0.29) is 0 Å². The number of hydrogen-bond donors (Lipinski definition) is 1. The fraction of sp³-hybridized carbons (Fsp3) is 1.00. The summed E-state index contributed by atoms with van der Waals surface area (Å²) in [5, 5.41) is 0. The van der Waals surface area contributed by atoms with Crippen LogP contribution in [0.25, 0.3) is 0 Å². The van der Waals surface area contributed by atoms with Crippen LogP contribution in [0.3, 0.4) is 0 Å². The summed E-state index contributed by atoms with van der Waals surface area (Å²) < 4.78 is 5.34. The van der Waals surface area contributed by atoms with Crippen LogP contribution in [0.1, 0.15) is 27.2 Å². The molecule has 0 aromatic heterocycles. The minimum Gasteiger partial charge on any atom is -0.380 e. The lowest BCUT2D eigenvalue weighted by Crippen LogP contribution is -2.35. The third kappa shape index (κ3) is 6.35. The number of nitrogens with two attached hydrogens (primary N) is 1. The van der Waals surface area contributed by atoms with Gasteiger partial charge in [0.15, 0.2) is 0 Å². The minimum absolute atomic E-state index is 0.636. The van der Waals surface area contributed by atoms with Crippen molar-refractivity contribution >= 4 is 0 Å². The Morgan fingerprint density at radius 2 is 2.00 bits per heavy atom. The molecule has 1 unspecified atom stereocenters. The SMILES string of the molecule is CCOCCN(CC)CC(CC)CN. The van der Waals surface area contributed by atoms with E-state index in [1.165, 1.54) is 6.42 Å². The van der Waals surface area contributed by atoms with Crippen molar-refractivity contribution in [2.24, 2.45) is 11.7 Å². The van der Waals surface area contributed by atoms with Gasteiger partial charge in [-0.05, 0) is 25.9 Å². The Bertz CT molecular complexity index is 116. The predicted molar refractivity (Wildman–Crippen MR) is 61.4 cm³/mol. The van der Waals surface area contributed by atoms with Crippen LogP contribution in [-0.4, -0.2) is 44.3 Å². The molecule has 0 radical (unpaired) electrons. The summed E-state index contributed by atoms with van der Waals surface area (Å²) in [7, 11) is 0. The highest BCUT2D eigenvalue weighted by molar-refractivity contribution is 4.64. The zero-order valence-electron chi connectivity index (χ0n) is 9.96. The average molecular weight is 202 g/mol. The molecule has 0 aromatic rings. The Hall–Kier alpha value is -0.120. The van der Waals surface area contributed by atoms with Crippen LogP contribution in [0.2, 0.25) is 0 Å². The smallest absolute Gasteiger partial charge is 0.0593 e. The predicted octanol–water partition coefficient (Wildman–Crippen LogP) is 1.33. The molecule has 0 bridgehead atoms. The Balaban J connectivity index is 3.65. The van der Waals surface area contributed by atoms with Gasteiger partial charge in [-0.25, -0.2) is 0 Å². The Morgan fingerprint density at radius 3 is 2.43 bits per heavy atom. The number of nitrogens with zero attached hydrogens (tertiary/aromatic N) is 1. The van der Waals surface area contributed by atoms with Crippen molar-refractivity contribution < 1.29 is 4.74 Å². The number of hydrogen-bond acceptors (Lipinski definition) is 3. The molecule has 3 nitrogen and oxygen atoms in total. The van der Waals surface area contributed by atoms with E-state index in [0.29, 0.717) is 5.92 Å². The molecule has 3 heteroatoms. The molecule has 0 aliphatic carbocycles. The van der Waals surface area contributed by atoms with Crippen LogP contribution in [-0.2, 0) is 4.74 Å². The molecule has 2 N–H and O–H groups in total. The summed E-state index contributed by atoms with van der Waals surface area (Å²) in [5.41, 5.74) is 5.68. The first-order valence-corrected chi connectivity index (χ1v) is 5.78. The molecule has 0 aliphatic rings. The van der Waals surface area contributed by atoms with Crippen molar-refractivity contribution in [2.75, 3.05) is 39.4 Å². The molecule has 0 aliphatic heterocycles. The molecule has 0 rings (SSSR count). The lowest BCUT2D eigenvalue weighted by Gasteiger charge is -2.24. The lowest BCUT2D eigenvalue weighted by molar-refractivity contribution is 0.108. The van der Waals surface area contributed by atoms with Crippen LogP contribution in [0.5, 0.6) is 0 Å². The van der Waals surface area contributed by atoms with Crippen molar-refractivity contribution in [3.05, 3.63) is 0 Å². The first kappa shape index (κ1) is 13.9. The van der Waals surface area contributed by atoms with Gasteiger partial charge in [-0.2, -0.15) is 0 Å². The fourth-order valence-electron chi connectivity index (χ4n) is 1.45. The molecule has 86 valence electrons. The molecule has 14 heavy (non-hydrogen) atoms. The number of ether oxygens (including phenoxy) is 1. The van der Waals surface area contributed by atoms with Gasteiger partial charge < -0.3 is 15.4 Å². The number of likely N-dealkylation sites (N-methyl/N-ethyl adjacent to an activating group) is 1. The molecule has 0 fully saturated rings. The highest BCUT2D eigenvalue weighted by atomic mass is 16.5. The van der Waals surface area contributed by atoms with Crippen molar-refractivity contribution in [1.29, 1.82) is 0 Å². The first-order valence-electron chi connectivity index (χ1n) is 5.78. The van der Waals surface area contributed by atoms with Gasteiger partial charge in [0.25, 0.3) is 0 Å².